The average molecular weight is 400 g/mol. The van der Waals surface area contributed by atoms with Crippen molar-refractivity contribution in [1.29, 1.82) is 0 Å². The second-order valence-electron chi connectivity index (χ2n) is 7.10. The summed E-state index contributed by atoms with van der Waals surface area (Å²) in [6.45, 7) is 2.14. The standard InChI is InChI=1S/C21H25N3O3S/c1-16-7-13-20(14-8-16)28(26,27)24(2)15-17-9-11-18(12-10-17)21(25)23-22-19-5-3-4-6-19/h7-14H,3-6,15H2,1-2H3,(H,23,25). The molecule has 6 nitrogen and oxygen atoms in total. The summed E-state index contributed by atoms with van der Waals surface area (Å²) in [5.74, 6) is -0.258. The number of carbonyl (C=O) groups excluding carboxylic acids is 1. The van der Waals surface area contributed by atoms with Gasteiger partial charge >= 0.3 is 0 Å². The fourth-order valence-corrected chi connectivity index (χ4v) is 4.24. The van der Waals surface area contributed by atoms with E-state index in [2.05, 4.69) is 10.5 Å². The fourth-order valence-electron chi connectivity index (χ4n) is 3.08. The van der Waals surface area contributed by atoms with Gasteiger partial charge in [0, 0.05) is 24.9 Å². The van der Waals surface area contributed by atoms with Crippen molar-refractivity contribution in [2.24, 2.45) is 5.10 Å². The molecule has 1 N–H and O–H groups in total. The number of amides is 1. The number of hydrogen-bond donors (Lipinski definition) is 1. The van der Waals surface area contributed by atoms with E-state index in [0.717, 1.165) is 42.5 Å². The van der Waals surface area contributed by atoms with Crippen LogP contribution in [0.2, 0.25) is 0 Å². The minimum atomic E-state index is -3.56. The van der Waals surface area contributed by atoms with E-state index in [-0.39, 0.29) is 17.3 Å². The predicted octanol–water partition coefficient (Wildman–Crippen LogP) is 3.48. The molecule has 3 rings (SSSR count). The quantitative estimate of drug-likeness (QED) is 0.756. The highest BCUT2D eigenvalue weighted by Gasteiger charge is 2.20. The van der Waals surface area contributed by atoms with Gasteiger partial charge in [-0.3, -0.25) is 4.79 Å². The molecule has 2 aromatic rings. The Hall–Kier alpha value is -2.51. The van der Waals surface area contributed by atoms with Gasteiger partial charge in [-0.2, -0.15) is 9.41 Å². The van der Waals surface area contributed by atoms with E-state index in [1.807, 2.05) is 6.92 Å². The number of benzene rings is 2. The molecule has 148 valence electrons. The van der Waals surface area contributed by atoms with Crippen LogP contribution in [0.25, 0.3) is 0 Å². The molecule has 0 saturated heterocycles. The predicted molar refractivity (Wildman–Crippen MR) is 110 cm³/mol. The number of rotatable bonds is 6. The normalized spacial score (nSPS) is 14.3. The van der Waals surface area contributed by atoms with Crippen LogP contribution >= 0.6 is 0 Å². The molecule has 0 atom stereocenters. The van der Waals surface area contributed by atoms with Crippen molar-refractivity contribution in [3.63, 3.8) is 0 Å². The molecule has 0 aliphatic heterocycles. The lowest BCUT2D eigenvalue weighted by atomic mass is 10.1. The maximum absolute atomic E-state index is 12.7. The van der Waals surface area contributed by atoms with Gasteiger partial charge in [-0.15, -0.1) is 0 Å². The van der Waals surface area contributed by atoms with Gasteiger partial charge in [0.05, 0.1) is 4.90 Å². The molecule has 0 heterocycles. The lowest BCUT2D eigenvalue weighted by molar-refractivity contribution is 0.0954. The van der Waals surface area contributed by atoms with Crippen molar-refractivity contribution in [2.75, 3.05) is 7.05 Å². The van der Waals surface area contributed by atoms with Crippen LogP contribution in [0, 0.1) is 6.92 Å². The molecule has 7 heteroatoms. The molecule has 0 aromatic heterocycles. The van der Waals surface area contributed by atoms with E-state index < -0.39 is 10.0 Å². The van der Waals surface area contributed by atoms with Gasteiger partial charge in [0.2, 0.25) is 10.0 Å². The largest absolute Gasteiger partial charge is 0.271 e. The van der Waals surface area contributed by atoms with Gasteiger partial charge in [-0.25, -0.2) is 13.8 Å². The van der Waals surface area contributed by atoms with Crippen molar-refractivity contribution in [1.82, 2.24) is 9.73 Å². The van der Waals surface area contributed by atoms with Crippen molar-refractivity contribution in [3.05, 3.63) is 65.2 Å². The highest BCUT2D eigenvalue weighted by atomic mass is 32.2. The minimum absolute atomic E-state index is 0.223. The Kier molecular flexibility index (Phi) is 6.26. The van der Waals surface area contributed by atoms with Crippen LogP contribution in [0.5, 0.6) is 0 Å². The molecule has 28 heavy (non-hydrogen) atoms. The van der Waals surface area contributed by atoms with Gasteiger partial charge in [0.25, 0.3) is 5.91 Å². The Morgan fingerprint density at radius 2 is 1.64 bits per heavy atom. The summed E-state index contributed by atoms with van der Waals surface area (Å²) in [6.07, 6.45) is 4.15. The van der Waals surface area contributed by atoms with Crippen LogP contribution in [0.15, 0.2) is 58.5 Å². The zero-order valence-electron chi connectivity index (χ0n) is 16.2. The Bertz CT molecular complexity index is 957. The lowest BCUT2D eigenvalue weighted by Gasteiger charge is -2.17. The number of sulfonamides is 1. The van der Waals surface area contributed by atoms with Gasteiger partial charge in [-0.05, 0) is 62.4 Å². The highest BCUT2D eigenvalue weighted by molar-refractivity contribution is 7.89. The first-order valence-electron chi connectivity index (χ1n) is 9.34. The van der Waals surface area contributed by atoms with Gasteiger partial charge in [-0.1, -0.05) is 29.8 Å². The molecule has 0 radical (unpaired) electrons. The molecular formula is C21H25N3O3S. The average Bonchev–Trinajstić information content (AvgIpc) is 3.20. The number of nitrogens with zero attached hydrogens (tertiary/aromatic N) is 2. The van der Waals surface area contributed by atoms with E-state index in [1.54, 1.807) is 55.6 Å². The molecular weight excluding hydrogens is 374 g/mol. The third-order valence-electron chi connectivity index (χ3n) is 4.85. The third-order valence-corrected chi connectivity index (χ3v) is 6.66. The summed E-state index contributed by atoms with van der Waals surface area (Å²) in [4.78, 5) is 12.4. The van der Waals surface area contributed by atoms with Crippen LogP contribution in [-0.4, -0.2) is 31.4 Å². The second-order valence-corrected chi connectivity index (χ2v) is 9.14. The van der Waals surface area contributed by atoms with Crippen molar-refractivity contribution >= 4 is 21.6 Å². The second kappa shape index (κ2) is 8.67. The maximum Gasteiger partial charge on any atom is 0.271 e. The summed E-state index contributed by atoms with van der Waals surface area (Å²) in [5, 5.41) is 4.17. The Balaban J connectivity index is 1.63. The first kappa shape index (κ1) is 20.2. The fraction of sp³-hybridized carbons (Fsp3) is 0.333. The van der Waals surface area contributed by atoms with E-state index >= 15 is 0 Å². The van der Waals surface area contributed by atoms with Crippen LogP contribution in [0.3, 0.4) is 0 Å². The smallest absolute Gasteiger partial charge is 0.267 e. The Morgan fingerprint density at radius 1 is 1.04 bits per heavy atom. The number of hydrazone groups is 1. The van der Waals surface area contributed by atoms with E-state index in [4.69, 9.17) is 0 Å². The number of nitrogens with one attached hydrogen (secondary N) is 1. The SMILES string of the molecule is Cc1ccc(S(=O)(=O)N(C)Cc2ccc(C(=O)NN=C3CCCC3)cc2)cc1. The highest BCUT2D eigenvalue weighted by Crippen LogP contribution is 2.18. The third kappa shape index (κ3) is 4.85. The molecule has 1 saturated carbocycles. The van der Waals surface area contributed by atoms with E-state index in [9.17, 15) is 13.2 Å². The van der Waals surface area contributed by atoms with Crippen molar-refractivity contribution in [3.8, 4) is 0 Å². The minimum Gasteiger partial charge on any atom is -0.267 e. The van der Waals surface area contributed by atoms with E-state index in [1.165, 1.54) is 4.31 Å². The van der Waals surface area contributed by atoms with Crippen LogP contribution < -0.4 is 5.43 Å². The zero-order chi connectivity index (χ0) is 20.1. The zero-order valence-corrected chi connectivity index (χ0v) is 17.0. The topological polar surface area (TPSA) is 78.8 Å². The van der Waals surface area contributed by atoms with Crippen molar-refractivity contribution in [2.45, 2.75) is 44.0 Å². The molecule has 1 aliphatic carbocycles. The van der Waals surface area contributed by atoms with Gasteiger partial charge in [0.1, 0.15) is 0 Å². The first-order chi connectivity index (χ1) is 13.4. The Labute approximate surface area is 166 Å². The summed E-state index contributed by atoms with van der Waals surface area (Å²) >= 11 is 0. The summed E-state index contributed by atoms with van der Waals surface area (Å²) in [5.41, 5.74) is 5.94. The first-order valence-corrected chi connectivity index (χ1v) is 10.8. The van der Waals surface area contributed by atoms with Crippen LogP contribution in [-0.2, 0) is 16.6 Å². The monoisotopic (exact) mass is 399 g/mol. The molecule has 2 aromatic carbocycles. The maximum atomic E-state index is 12.7. The van der Waals surface area contributed by atoms with Crippen LogP contribution in [0.1, 0.15) is 47.2 Å². The van der Waals surface area contributed by atoms with Crippen molar-refractivity contribution < 1.29 is 13.2 Å². The molecule has 1 fully saturated rings. The lowest BCUT2D eigenvalue weighted by Crippen LogP contribution is -2.26. The molecule has 0 unspecified atom stereocenters. The number of aryl methyl sites for hydroxylation is 1. The molecule has 1 amide bonds. The van der Waals surface area contributed by atoms with Gasteiger partial charge in [0.15, 0.2) is 0 Å². The number of hydrogen-bond acceptors (Lipinski definition) is 4. The van der Waals surface area contributed by atoms with E-state index in [0.29, 0.717) is 5.56 Å². The van der Waals surface area contributed by atoms with Crippen LogP contribution in [0.4, 0.5) is 0 Å². The van der Waals surface area contributed by atoms with Gasteiger partial charge < -0.3 is 0 Å². The Morgan fingerprint density at radius 3 is 2.25 bits per heavy atom. The summed E-state index contributed by atoms with van der Waals surface area (Å²) in [7, 11) is -2.01. The summed E-state index contributed by atoms with van der Waals surface area (Å²) in [6, 6.07) is 13.7. The molecule has 0 spiro atoms. The summed E-state index contributed by atoms with van der Waals surface area (Å²) < 4.78 is 26.7. The number of carbonyl (C=O) groups is 1. The molecule has 1 aliphatic rings. The molecule has 0 bridgehead atoms.